The first-order valence-electron chi connectivity index (χ1n) is 7.26. The fourth-order valence-electron chi connectivity index (χ4n) is 3.29. The number of aliphatic imine (C=N–C) groups is 1. The predicted molar refractivity (Wildman–Crippen MR) is 76.3 cm³/mol. The molecule has 1 aromatic carbocycles. The second-order valence-electron chi connectivity index (χ2n) is 6.32. The molecule has 1 nitrogen and oxygen atoms in total. The summed E-state index contributed by atoms with van der Waals surface area (Å²) in [7, 11) is 0. The number of benzene rings is 1. The molecule has 1 heterocycles. The maximum atomic E-state index is 4.79. The molecule has 0 N–H and O–H groups in total. The molecule has 0 amide bonds. The maximum Gasteiger partial charge on any atom is 0.0285 e. The van der Waals surface area contributed by atoms with Crippen LogP contribution in [0.3, 0.4) is 0 Å². The van der Waals surface area contributed by atoms with Crippen molar-refractivity contribution >= 4 is 5.71 Å². The fourth-order valence-corrected chi connectivity index (χ4v) is 3.29. The summed E-state index contributed by atoms with van der Waals surface area (Å²) < 4.78 is 0. The average molecular weight is 433 g/mol. The number of rotatable bonds is 1. The summed E-state index contributed by atoms with van der Waals surface area (Å²) in [5.41, 5.74) is 5.80. The molecule has 1 aliphatic carbocycles. The molecule has 1 aromatic rings. The molecule has 0 aromatic heterocycles. The van der Waals surface area contributed by atoms with Crippen LogP contribution in [0.4, 0.5) is 0 Å². The van der Waals surface area contributed by atoms with Crippen LogP contribution in [0, 0.1) is 11.5 Å². The van der Waals surface area contributed by atoms with E-state index in [0.717, 1.165) is 6.54 Å². The normalized spacial score (nSPS) is 21.1. The van der Waals surface area contributed by atoms with Gasteiger partial charge in [-0.3, -0.25) is 0 Å². The van der Waals surface area contributed by atoms with Gasteiger partial charge in [0.25, 0.3) is 0 Å². The van der Waals surface area contributed by atoms with Gasteiger partial charge in [-0.2, -0.15) is 0 Å². The van der Waals surface area contributed by atoms with Crippen molar-refractivity contribution in [2.45, 2.75) is 52.4 Å². The predicted octanol–water partition coefficient (Wildman–Crippen LogP) is 3.97. The Morgan fingerprint density at radius 2 is 1.84 bits per heavy atom. The maximum absolute atomic E-state index is 4.79. The van der Waals surface area contributed by atoms with Crippen LogP contribution in [0.1, 0.15) is 56.2 Å². The molecule has 0 atom stereocenters. The van der Waals surface area contributed by atoms with Crippen LogP contribution >= 0.6 is 0 Å². The van der Waals surface area contributed by atoms with Gasteiger partial charge in [0.15, 0.2) is 0 Å². The van der Waals surface area contributed by atoms with Gasteiger partial charge in [-0.05, 0) is 30.4 Å². The van der Waals surface area contributed by atoms with Crippen LogP contribution in [0.2, 0.25) is 0 Å². The molecule has 1 radical (unpaired) electrons. The van der Waals surface area contributed by atoms with E-state index in [1.807, 2.05) is 0 Å². The summed E-state index contributed by atoms with van der Waals surface area (Å²) in [5, 5.41) is 0. The smallest absolute Gasteiger partial charge is 0.0285 e. The number of hydrogen-bond acceptors (Lipinski definition) is 1. The third-order valence-corrected chi connectivity index (χ3v) is 4.40. The minimum Gasteiger partial charge on any atom is -0.337 e. The molecule has 2 heteroatoms. The molecular formula is C17H22IrN-. The van der Waals surface area contributed by atoms with Gasteiger partial charge >= 0.3 is 0 Å². The Bertz CT molecular complexity index is 488. The Morgan fingerprint density at radius 1 is 1.11 bits per heavy atom. The first-order valence-corrected chi connectivity index (χ1v) is 7.26. The Morgan fingerprint density at radius 3 is 2.58 bits per heavy atom. The molecule has 0 saturated heterocycles. The van der Waals surface area contributed by atoms with E-state index in [1.54, 1.807) is 5.56 Å². The molecule has 19 heavy (non-hydrogen) atoms. The second-order valence-corrected chi connectivity index (χ2v) is 6.32. The van der Waals surface area contributed by atoms with Gasteiger partial charge in [0.1, 0.15) is 0 Å². The number of hydrogen-bond donors (Lipinski definition) is 0. The van der Waals surface area contributed by atoms with E-state index in [2.05, 4.69) is 32.0 Å². The van der Waals surface area contributed by atoms with E-state index in [-0.39, 0.29) is 25.5 Å². The van der Waals surface area contributed by atoms with Crippen LogP contribution in [-0.4, -0.2) is 12.3 Å². The topological polar surface area (TPSA) is 12.4 Å². The van der Waals surface area contributed by atoms with E-state index in [0.29, 0.717) is 0 Å². The van der Waals surface area contributed by atoms with Crippen molar-refractivity contribution < 1.29 is 20.1 Å². The quantitative estimate of drug-likeness (QED) is 0.596. The standard InChI is InChI=1S/C17H22N.Ir/c1-17(2)10-5-11-18-16(17)15-9-8-13-6-3-4-7-14(13)12-15;/h8,12H,3-7,10-11H2,1-2H3;/q-1;. The summed E-state index contributed by atoms with van der Waals surface area (Å²) in [6, 6.07) is 8.07. The monoisotopic (exact) mass is 433 g/mol. The van der Waals surface area contributed by atoms with Crippen LogP contribution in [0.15, 0.2) is 17.1 Å². The third-order valence-electron chi connectivity index (χ3n) is 4.40. The Labute approximate surface area is 130 Å². The van der Waals surface area contributed by atoms with Crippen LogP contribution in [0.25, 0.3) is 0 Å². The molecular weight excluding hydrogens is 410 g/mol. The van der Waals surface area contributed by atoms with E-state index in [1.165, 1.54) is 55.4 Å². The van der Waals surface area contributed by atoms with Crippen molar-refractivity contribution in [3.8, 4) is 0 Å². The summed E-state index contributed by atoms with van der Waals surface area (Å²) >= 11 is 0. The zero-order valence-electron chi connectivity index (χ0n) is 11.9. The molecule has 105 valence electrons. The Kier molecular flexibility index (Phi) is 4.63. The van der Waals surface area contributed by atoms with E-state index < -0.39 is 0 Å². The molecule has 0 spiro atoms. The van der Waals surface area contributed by atoms with Gasteiger partial charge in [0.05, 0.1) is 0 Å². The molecule has 3 rings (SSSR count). The molecule has 0 fully saturated rings. The zero-order chi connectivity index (χ0) is 12.6. The minimum absolute atomic E-state index is 0. The summed E-state index contributed by atoms with van der Waals surface area (Å²) in [4.78, 5) is 4.79. The van der Waals surface area contributed by atoms with E-state index in [9.17, 15) is 0 Å². The first kappa shape index (κ1) is 14.9. The Balaban J connectivity index is 0.00000133. The largest absolute Gasteiger partial charge is 0.337 e. The van der Waals surface area contributed by atoms with Gasteiger partial charge in [-0.25, -0.2) is 0 Å². The average Bonchev–Trinajstić information content (AvgIpc) is 2.38. The van der Waals surface area contributed by atoms with Gasteiger partial charge < -0.3 is 4.99 Å². The van der Waals surface area contributed by atoms with Crippen molar-refractivity contribution in [1.82, 2.24) is 0 Å². The number of fused-ring (bicyclic) bond motifs is 1. The van der Waals surface area contributed by atoms with Crippen molar-refractivity contribution in [2.24, 2.45) is 10.4 Å². The molecule has 1 aliphatic heterocycles. The zero-order valence-corrected chi connectivity index (χ0v) is 14.3. The van der Waals surface area contributed by atoms with Crippen LogP contribution in [-0.2, 0) is 32.9 Å². The van der Waals surface area contributed by atoms with Gasteiger partial charge in [0.2, 0.25) is 0 Å². The van der Waals surface area contributed by atoms with Crippen LogP contribution in [0.5, 0.6) is 0 Å². The van der Waals surface area contributed by atoms with Crippen molar-refractivity contribution in [3.63, 3.8) is 0 Å². The summed E-state index contributed by atoms with van der Waals surface area (Å²) in [6.07, 6.45) is 7.63. The van der Waals surface area contributed by atoms with Gasteiger partial charge in [-0.1, -0.05) is 33.1 Å². The Hall–Kier alpha value is -0.461. The SMILES string of the molecule is CC1(C)CCCN=C1c1[c-]cc2c(c1)CCCC2.[Ir]. The van der Waals surface area contributed by atoms with Gasteiger partial charge in [0, 0.05) is 26.7 Å². The molecule has 0 unspecified atom stereocenters. The summed E-state index contributed by atoms with van der Waals surface area (Å²) in [6.45, 7) is 5.63. The number of nitrogens with zero attached hydrogens (tertiary/aromatic N) is 1. The molecule has 0 saturated carbocycles. The fraction of sp³-hybridized carbons (Fsp3) is 0.588. The van der Waals surface area contributed by atoms with Crippen molar-refractivity contribution in [2.75, 3.05) is 6.54 Å². The minimum atomic E-state index is 0. The van der Waals surface area contributed by atoms with Gasteiger partial charge in [-0.15, -0.1) is 34.9 Å². The van der Waals surface area contributed by atoms with E-state index >= 15 is 0 Å². The van der Waals surface area contributed by atoms with Crippen LogP contribution < -0.4 is 0 Å². The van der Waals surface area contributed by atoms with E-state index in [4.69, 9.17) is 4.99 Å². The third kappa shape index (κ3) is 3.01. The second kappa shape index (κ2) is 5.89. The molecule has 2 aliphatic rings. The van der Waals surface area contributed by atoms with Crippen molar-refractivity contribution in [1.29, 1.82) is 0 Å². The van der Waals surface area contributed by atoms with Crippen molar-refractivity contribution in [3.05, 3.63) is 34.9 Å². The number of aryl methyl sites for hydroxylation is 2. The summed E-state index contributed by atoms with van der Waals surface area (Å²) in [5.74, 6) is 0. The molecule has 0 bridgehead atoms. The first-order chi connectivity index (χ1) is 8.67.